The van der Waals surface area contributed by atoms with Gasteiger partial charge in [0.25, 0.3) is 11.1 Å². The van der Waals surface area contributed by atoms with E-state index in [0.717, 1.165) is 34.6 Å². The minimum Gasteiger partial charge on any atom is -0.462 e. The molecule has 30 heavy (non-hydrogen) atoms. The molecule has 0 bridgehead atoms. The number of aromatic nitrogens is 2. The molecule has 3 aromatic heterocycles. The number of carbonyl (C=O) groups excluding carboxylic acids is 2. The molecule has 0 aliphatic heterocycles. The van der Waals surface area contributed by atoms with E-state index in [1.54, 1.807) is 6.92 Å². The SMILES string of the molecule is CCOC(=O)c1c(NC(=O)CSc2nnc(-c3cccs3)o2)sc2c1CCC(C)C2. The second-order valence-electron chi connectivity index (χ2n) is 6.96. The van der Waals surface area contributed by atoms with Gasteiger partial charge < -0.3 is 14.5 Å². The third-order valence-corrected chi connectivity index (χ3v) is 7.56. The molecule has 4 rings (SSSR count). The molecule has 7 nitrogen and oxygen atoms in total. The fraction of sp³-hybridized carbons (Fsp3) is 0.400. The van der Waals surface area contributed by atoms with Crippen LogP contribution in [0.2, 0.25) is 0 Å². The standard InChI is InChI=1S/C20H21N3O4S3/c1-3-26-19(25)16-12-7-6-11(2)9-14(12)30-18(16)21-15(24)10-29-20-23-22-17(27-20)13-5-4-8-28-13/h4-5,8,11H,3,6-7,9-10H2,1-2H3,(H,21,24). The lowest BCUT2D eigenvalue weighted by molar-refractivity contribution is -0.113. The molecule has 0 spiro atoms. The third kappa shape index (κ3) is 4.60. The van der Waals surface area contributed by atoms with Crippen LogP contribution < -0.4 is 5.32 Å². The Morgan fingerprint density at radius 1 is 1.40 bits per heavy atom. The fourth-order valence-electron chi connectivity index (χ4n) is 3.32. The number of nitrogens with one attached hydrogen (secondary N) is 1. The average molecular weight is 464 g/mol. The summed E-state index contributed by atoms with van der Waals surface area (Å²) in [6, 6.07) is 3.81. The van der Waals surface area contributed by atoms with Crippen LogP contribution >= 0.6 is 34.4 Å². The number of fused-ring (bicyclic) bond motifs is 1. The molecule has 158 valence electrons. The Morgan fingerprint density at radius 3 is 3.03 bits per heavy atom. The van der Waals surface area contributed by atoms with E-state index in [9.17, 15) is 9.59 Å². The van der Waals surface area contributed by atoms with Gasteiger partial charge in [-0.1, -0.05) is 24.8 Å². The summed E-state index contributed by atoms with van der Waals surface area (Å²) in [5, 5.41) is 13.7. The molecule has 0 saturated carbocycles. The lowest BCUT2D eigenvalue weighted by Crippen LogP contribution is -2.17. The smallest absolute Gasteiger partial charge is 0.341 e. The predicted octanol–water partition coefficient (Wildman–Crippen LogP) is 4.89. The maximum absolute atomic E-state index is 12.6. The Kier molecular flexibility index (Phi) is 6.55. The number of carbonyl (C=O) groups is 2. The molecule has 1 aliphatic carbocycles. The van der Waals surface area contributed by atoms with Crippen LogP contribution in [0, 0.1) is 5.92 Å². The van der Waals surface area contributed by atoms with Crippen molar-refractivity contribution >= 4 is 51.3 Å². The number of hydrogen-bond acceptors (Lipinski definition) is 9. The van der Waals surface area contributed by atoms with E-state index < -0.39 is 0 Å². The molecule has 0 fully saturated rings. The Morgan fingerprint density at radius 2 is 2.27 bits per heavy atom. The molecule has 0 saturated heterocycles. The predicted molar refractivity (Wildman–Crippen MR) is 118 cm³/mol. The number of esters is 1. The summed E-state index contributed by atoms with van der Waals surface area (Å²) in [5.74, 6) is 0.517. The highest BCUT2D eigenvalue weighted by molar-refractivity contribution is 7.99. The summed E-state index contributed by atoms with van der Waals surface area (Å²) in [7, 11) is 0. The molecule has 1 amide bonds. The molecule has 1 N–H and O–H groups in total. The lowest BCUT2D eigenvalue weighted by Gasteiger charge is -2.18. The number of ether oxygens (including phenoxy) is 1. The first kappa shape index (κ1) is 21.1. The van der Waals surface area contributed by atoms with Crippen LogP contribution in [0.1, 0.15) is 41.1 Å². The van der Waals surface area contributed by atoms with Crippen LogP contribution in [0.15, 0.2) is 27.2 Å². The maximum atomic E-state index is 12.6. The van der Waals surface area contributed by atoms with E-state index in [2.05, 4.69) is 22.4 Å². The summed E-state index contributed by atoms with van der Waals surface area (Å²) in [6.07, 6.45) is 2.78. The third-order valence-electron chi connectivity index (χ3n) is 4.71. The van der Waals surface area contributed by atoms with Crippen molar-refractivity contribution in [3.63, 3.8) is 0 Å². The van der Waals surface area contributed by atoms with Gasteiger partial charge in [0.15, 0.2) is 0 Å². The van der Waals surface area contributed by atoms with E-state index in [1.807, 2.05) is 17.5 Å². The average Bonchev–Trinajstić information content (AvgIpc) is 3.45. The Hall–Kier alpha value is -2.17. The van der Waals surface area contributed by atoms with Crippen molar-refractivity contribution in [3.8, 4) is 10.8 Å². The number of anilines is 1. The number of hydrogen-bond donors (Lipinski definition) is 1. The number of amides is 1. The molecular formula is C20H21N3O4S3. The van der Waals surface area contributed by atoms with E-state index >= 15 is 0 Å². The zero-order valence-electron chi connectivity index (χ0n) is 16.6. The van der Waals surface area contributed by atoms with Crippen molar-refractivity contribution < 1.29 is 18.7 Å². The van der Waals surface area contributed by atoms with E-state index in [-0.39, 0.29) is 17.6 Å². The van der Waals surface area contributed by atoms with Gasteiger partial charge in [-0.2, -0.15) is 0 Å². The van der Waals surface area contributed by atoms with Gasteiger partial charge in [-0.15, -0.1) is 32.9 Å². The summed E-state index contributed by atoms with van der Waals surface area (Å²) >= 11 is 4.16. The van der Waals surface area contributed by atoms with Crippen molar-refractivity contribution in [2.75, 3.05) is 17.7 Å². The highest BCUT2D eigenvalue weighted by atomic mass is 32.2. The van der Waals surface area contributed by atoms with E-state index in [1.165, 1.54) is 34.4 Å². The van der Waals surface area contributed by atoms with Crippen LogP contribution in [0.3, 0.4) is 0 Å². The molecular weight excluding hydrogens is 442 g/mol. The van der Waals surface area contributed by atoms with Crippen LogP contribution in [-0.2, 0) is 22.4 Å². The number of thiophene rings is 2. The summed E-state index contributed by atoms with van der Waals surface area (Å²) in [5.41, 5.74) is 1.54. The van der Waals surface area contributed by atoms with Crippen LogP contribution in [0.4, 0.5) is 5.00 Å². The molecule has 3 aromatic rings. The second-order valence-corrected chi connectivity index (χ2v) is 9.94. The van der Waals surface area contributed by atoms with Crippen molar-refractivity contribution in [1.82, 2.24) is 10.2 Å². The highest BCUT2D eigenvalue weighted by Crippen LogP contribution is 2.40. The van der Waals surface area contributed by atoms with Crippen LogP contribution in [-0.4, -0.2) is 34.4 Å². The first-order valence-corrected chi connectivity index (χ1v) is 12.3. The number of nitrogens with zero attached hydrogens (tertiary/aromatic N) is 2. The zero-order valence-corrected chi connectivity index (χ0v) is 19.0. The van der Waals surface area contributed by atoms with Gasteiger partial charge in [-0.05, 0) is 49.1 Å². The first-order chi connectivity index (χ1) is 14.5. The molecule has 0 aromatic carbocycles. The lowest BCUT2D eigenvalue weighted by atomic mass is 9.88. The Balaban J connectivity index is 1.44. The molecule has 1 aliphatic rings. The molecule has 1 unspecified atom stereocenters. The largest absolute Gasteiger partial charge is 0.462 e. The quantitative estimate of drug-likeness (QED) is 0.394. The Labute approximate surface area is 186 Å². The molecule has 10 heteroatoms. The summed E-state index contributed by atoms with van der Waals surface area (Å²) in [4.78, 5) is 27.2. The van der Waals surface area contributed by atoms with Gasteiger partial charge >= 0.3 is 5.97 Å². The van der Waals surface area contributed by atoms with E-state index in [0.29, 0.717) is 34.2 Å². The van der Waals surface area contributed by atoms with Gasteiger partial charge in [0.2, 0.25) is 5.91 Å². The van der Waals surface area contributed by atoms with Crippen molar-refractivity contribution in [1.29, 1.82) is 0 Å². The molecule has 3 heterocycles. The van der Waals surface area contributed by atoms with Gasteiger partial charge in [0.1, 0.15) is 5.00 Å². The Bertz CT molecular complexity index is 1040. The maximum Gasteiger partial charge on any atom is 0.341 e. The topological polar surface area (TPSA) is 94.3 Å². The minimum atomic E-state index is -0.370. The number of rotatable bonds is 7. The first-order valence-electron chi connectivity index (χ1n) is 9.66. The van der Waals surface area contributed by atoms with E-state index in [4.69, 9.17) is 9.15 Å². The van der Waals surface area contributed by atoms with Crippen LogP contribution in [0.25, 0.3) is 10.8 Å². The van der Waals surface area contributed by atoms with Gasteiger partial charge in [-0.3, -0.25) is 4.79 Å². The van der Waals surface area contributed by atoms with Crippen LogP contribution in [0.5, 0.6) is 0 Å². The molecule has 1 atom stereocenters. The second kappa shape index (κ2) is 9.32. The monoisotopic (exact) mass is 463 g/mol. The van der Waals surface area contributed by atoms with Crippen molar-refractivity contribution in [2.24, 2.45) is 5.92 Å². The fourth-order valence-corrected chi connectivity index (χ4v) is 5.94. The van der Waals surface area contributed by atoms with Crippen molar-refractivity contribution in [2.45, 2.75) is 38.3 Å². The molecule has 0 radical (unpaired) electrons. The highest BCUT2D eigenvalue weighted by Gasteiger charge is 2.29. The zero-order chi connectivity index (χ0) is 21.1. The van der Waals surface area contributed by atoms with Gasteiger partial charge in [0, 0.05) is 4.88 Å². The summed E-state index contributed by atoms with van der Waals surface area (Å²) in [6.45, 7) is 4.28. The van der Waals surface area contributed by atoms with Gasteiger partial charge in [-0.25, -0.2) is 4.79 Å². The van der Waals surface area contributed by atoms with Crippen molar-refractivity contribution in [3.05, 3.63) is 33.5 Å². The minimum absolute atomic E-state index is 0.104. The normalized spacial score (nSPS) is 15.6. The summed E-state index contributed by atoms with van der Waals surface area (Å²) < 4.78 is 10.8. The number of thioether (sulfide) groups is 1. The van der Waals surface area contributed by atoms with Gasteiger partial charge in [0.05, 0.1) is 22.8 Å².